The molecule has 66 valence electrons. The third kappa shape index (κ3) is 1.74. The van der Waals surface area contributed by atoms with Crippen molar-refractivity contribution in [3.8, 4) is 0 Å². The average Bonchev–Trinajstić information content (AvgIpc) is 2.28. The van der Waals surface area contributed by atoms with Gasteiger partial charge in [-0.2, -0.15) is 0 Å². The Morgan fingerprint density at radius 1 is 1.55 bits per heavy atom. The maximum Gasteiger partial charge on any atom is 0.0215 e. The predicted molar refractivity (Wildman–Crippen MR) is 47.9 cm³/mol. The molecule has 0 spiro atoms. The lowest BCUT2D eigenvalue weighted by atomic mass is 9.78. The van der Waals surface area contributed by atoms with Crippen molar-refractivity contribution in [3.63, 3.8) is 0 Å². The van der Waals surface area contributed by atoms with E-state index in [0.29, 0.717) is 11.5 Å². The maximum atomic E-state index is 5.42. The Hall–Kier alpha value is -0.0800. The quantitative estimate of drug-likeness (QED) is 0.471. The zero-order chi connectivity index (χ0) is 8.48. The van der Waals surface area contributed by atoms with Crippen molar-refractivity contribution < 1.29 is 0 Å². The topological polar surface area (TPSA) is 38.0 Å². The van der Waals surface area contributed by atoms with Gasteiger partial charge in [0.15, 0.2) is 0 Å². The van der Waals surface area contributed by atoms with Crippen LogP contribution >= 0.6 is 0 Å². The maximum absolute atomic E-state index is 5.42. The van der Waals surface area contributed by atoms with E-state index in [1.165, 1.54) is 19.3 Å². The van der Waals surface area contributed by atoms with Crippen LogP contribution in [0.2, 0.25) is 0 Å². The van der Waals surface area contributed by atoms with Crippen molar-refractivity contribution >= 4 is 0 Å². The average molecular weight is 156 g/mol. The molecule has 2 nitrogen and oxygen atoms in total. The van der Waals surface area contributed by atoms with Crippen LogP contribution in [0.15, 0.2) is 0 Å². The molecule has 0 aromatic rings. The molecule has 1 aliphatic carbocycles. The largest absolute Gasteiger partial charge is 0.271 e. The smallest absolute Gasteiger partial charge is 0.0215 e. The molecule has 1 fully saturated rings. The Bertz CT molecular complexity index is 132. The van der Waals surface area contributed by atoms with Crippen LogP contribution in [0.5, 0.6) is 0 Å². The van der Waals surface area contributed by atoms with Crippen LogP contribution < -0.4 is 11.3 Å². The first-order chi connectivity index (χ1) is 5.08. The third-order valence-corrected chi connectivity index (χ3v) is 3.21. The zero-order valence-corrected chi connectivity index (χ0v) is 7.85. The van der Waals surface area contributed by atoms with Gasteiger partial charge in [0.05, 0.1) is 0 Å². The van der Waals surface area contributed by atoms with Crippen molar-refractivity contribution in [2.45, 2.75) is 46.1 Å². The van der Waals surface area contributed by atoms with E-state index >= 15 is 0 Å². The van der Waals surface area contributed by atoms with Gasteiger partial charge in [0.2, 0.25) is 0 Å². The second-order valence-electron chi connectivity index (χ2n) is 4.44. The van der Waals surface area contributed by atoms with Gasteiger partial charge in [-0.05, 0) is 31.1 Å². The van der Waals surface area contributed by atoms with Gasteiger partial charge in [-0.1, -0.05) is 20.3 Å². The second-order valence-corrected chi connectivity index (χ2v) is 4.44. The van der Waals surface area contributed by atoms with Gasteiger partial charge >= 0.3 is 0 Å². The van der Waals surface area contributed by atoms with E-state index < -0.39 is 0 Å². The molecular weight excluding hydrogens is 136 g/mol. The van der Waals surface area contributed by atoms with Gasteiger partial charge in [-0.15, -0.1) is 0 Å². The van der Waals surface area contributed by atoms with Crippen LogP contribution in [0.3, 0.4) is 0 Å². The number of nitrogens with one attached hydrogen (secondary N) is 1. The normalized spacial score (nSPS) is 32.2. The van der Waals surface area contributed by atoms with E-state index in [-0.39, 0.29) is 0 Å². The highest BCUT2D eigenvalue weighted by Gasteiger charge is 2.37. The van der Waals surface area contributed by atoms with Gasteiger partial charge in [0.25, 0.3) is 0 Å². The van der Waals surface area contributed by atoms with Crippen LogP contribution in [0.1, 0.15) is 40.0 Å². The molecule has 1 rings (SSSR count). The van der Waals surface area contributed by atoms with E-state index in [4.69, 9.17) is 5.84 Å². The fourth-order valence-electron chi connectivity index (χ4n) is 2.40. The number of hydrazine groups is 1. The predicted octanol–water partition coefficient (Wildman–Crippen LogP) is 1.66. The summed E-state index contributed by atoms with van der Waals surface area (Å²) in [5, 5.41) is 0. The van der Waals surface area contributed by atoms with E-state index in [1.807, 2.05) is 0 Å². The molecule has 3 N–H and O–H groups in total. The second kappa shape index (κ2) is 3.11. The SMILES string of the molecule is CC(NN)C1CCCC1(C)C. The summed E-state index contributed by atoms with van der Waals surface area (Å²) >= 11 is 0. The van der Waals surface area contributed by atoms with E-state index in [0.717, 1.165) is 5.92 Å². The third-order valence-electron chi connectivity index (χ3n) is 3.21. The first-order valence-electron chi connectivity index (χ1n) is 4.54. The van der Waals surface area contributed by atoms with Crippen LogP contribution in [-0.2, 0) is 0 Å². The molecule has 2 heteroatoms. The molecule has 0 aromatic heterocycles. The van der Waals surface area contributed by atoms with Crippen LogP contribution in [0, 0.1) is 11.3 Å². The minimum Gasteiger partial charge on any atom is -0.271 e. The van der Waals surface area contributed by atoms with Gasteiger partial charge in [0.1, 0.15) is 0 Å². The summed E-state index contributed by atoms with van der Waals surface area (Å²) in [4.78, 5) is 0. The molecule has 0 radical (unpaired) electrons. The Labute approximate surface area is 69.5 Å². The van der Waals surface area contributed by atoms with E-state index in [2.05, 4.69) is 26.2 Å². The highest BCUT2D eigenvalue weighted by molar-refractivity contribution is 4.89. The highest BCUT2D eigenvalue weighted by atomic mass is 15.2. The number of hydrogen-bond acceptors (Lipinski definition) is 2. The number of nitrogens with two attached hydrogens (primary N) is 1. The van der Waals surface area contributed by atoms with Crippen molar-refractivity contribution in [2.75, 3.05) is 0 Å². The Balaban J connectivity index is 2.57. The van der Waals surface area contributed by atoms with Gasteiger partial charge < -0.3 is 0 Å². The monoisotopic (exact) mass is 156 g/mol. The van der Waals surface area contributed by atoms with Crippen LogP contribution in [0.4, 0.5) is 0 Å². The van der Waals surface area contributed by atoms with E-state index in [9.17, 15) is 0 Å². The lowest BCUT2D eigenvalue weighted by Crippen LogP contribution is -2.42. The summed E-state index contributed by atoms with van der Waals surface area (Å²) in [6.45, 7) is 6.87. The molecule has 0 bridgehead atoms. The first-order valence-corrected chi connectivity index (χ1v) is 4.54. The molecule has 2 unspecified atom stereocenters. The van der Waals surface area contributed by atoms with Gasteiger partial charge in [-0.25, -0.2) is 0 Å². The van der Waals surface area contributed by atoms with E-state index in [1.54, 1.807) is 0 Å². The minimum atomic E-state index is 0.465. The molecule has 0 heterocycles. The summed E-state index contributed by atoms with van der Waals surface area (Å²) in [5.41, 5.74) is 3.35. The molecule has 0 amide bonds. The molecule has 0 aromatic carbocycles. The van der Waals surface area contributed by atoms with Crippen LogP contribution in [0.25, 0.3) is 0 Å². The van der Waals surface area contributed by atoms with Crippen LogP contribution in [-0.4, -0.2) is 6.04 Å². The summed E-state index contributed by atoms with van der Waals surface area (Å²) in [6.07, 6.45) is 4.05. The van der Waals surface area contributed by atoms with Crippen molar-refractivity contribution in [1.82, 2.24) is 5.43 Å². The standard InChI is InChI=1S/C9H20N2/c1-7(11-10)8-5-4-6-9(8,2)3/h7-8,11H,4-6,10H2,1-3H3. The molecule has 0 aliphatic heterocycles. The molecule has 11 heavy (non-hydrogen) atoms. The highest BCUT2D eigenvalue weighted by Crippen LogP contribution is 2.43. The lowest BCUT2D eigenvalue weighted by molar-refractivity contribution is 0.207. The Morgan fingerprint density at radius 2 is 2.18 bits per heavy atom. The summed E-state index contributed by atoms with van der Waals surface area (Å²) in [6, 6.07) is 0.465. The molecule has 2 atom stereocenters. The molecule has 1 saturated carbocycles. The number of rotatable bonds is 2. The summed E-state index contributed by atoms with van der Waals surface area (Å²) in [5.74, 6) is 6.18. The fourth-order valence-corrected chi connectivity index (χ4v) is 2.40. The number of hydrogen-bond donors (Lipinski definition) is 2. The Morgan fingerprint density at radius 3 is 2.55 bits per heavy atom. The van der Waals surface area contributed by atoms with Gasteiger partial charge in [0, 0.05) is 6.04 Å². The van der Waals surface area contributed by atoms with Gasteiger partial charge in [-0.3, -0.25) is 11.3 Å². The Kier molecular flexibility index (Phi) is 2.55. The lowest BCUT2D eigenvalue weighted by Gasteiger charge is -2.31. The first kappa shape index (κ1) is 9.01. The molecule has 0 saturated heterocycles. The summed E-state index contributed by atoms with van der Waals surface area (Å²) < 4.78 is 0. The van der Waals surface area contributed by atoms with Crippen molar-refractivity contribution in [3.05, 3.63) is 0 Å². The van der Waals surface area contributed by atoms with Crippen molar-refractivity contribution in [2.24, 2.45) is 17.2 Å². The zero-order valence-electron chi connectivity index (χ0n) is 7.85. The minimum absolute atomic E-state index is 0.465. The summed E-state index contributed by atoms with van der Waals surface area (Å²) in [7, 11) is 0. The fraction of sp³-hybridized carbons (Fsp3) is 1.00. The molecule has 1 aliphatic rings. The molecular formula is C9H20N2. The van der Waals surface area contributed by atoms with Crippen molar-refractivity contribution in [1.29, 1.82) is 0 Å².